The van der Waals surface area contributed by atoms with Gasteiger partial charge >= 0.3 is 0 Å². The summed E-state index contributed by atoms with van der Waals surface area (Å²) in [6.45, 7) is 4.16. The number of hydrogen-bond donors (Lipinski definition) is 2. The van der Waals surface area contributed by atoms with Gasteiger partial charge in [0.2, 0.25) is 5.95 Å². The molecule has 1 aromatic heterocycles. The van der Waals surface area contributed by atoms with Crippen molar-refractivity contribution in [3.05, 3.63) is 5.82 Å². The van der Waals surface area contributed by atoms with Gasteiger partial charge in [-0.3, -0.25) is 5.10 Å². The number of aromatic nitrogens is 3. The molecule has 1 aliphatic heterocycles. The Labute approximate surface area is 127 Å². The quantitative estimate of drug-likeness (QED) is 0.875. The zero-order valence-electron chi connectivity index (χ0n) is 13.2. The Morgan fingerprint density at radius 3 is 2.71 bits per heavy atom. The predicted octanol–water partition coefficient (Wildman–Crippen LogP) is 2.81. The van der Waals surface area contributed by atoms with Gasteiger partial charge in [0.25, 0.3) is 0 Å². The number of H-pyrrole nitrogens is 1. The van der Waals surface area contributed by atoms with Crippen LogP contribution in [-0.2, 0) is 0 Å². The molecule has 1 saturated heterocycles. The Bertz CT molecular complexity index is 436. The van der Waals surface area contributed by atoms with Crippen molar-refractivity contribution in [3.8, 4) is 0 Å². The molecular weight excluding hydrogens is 262 g/mol. The molecule has 2 fully saturated rings. The summed E-state index contributed by atoms with van der Waals surface area (Å²) in [5.41, 5.74) is 5.96. The molecule has 118 valence electrons. The van der Waals surface area contributed by atoms with Crippen LogP contribution in [0.4, 0.5) is 5.95 Å². The van der Waals surface area contributed by atoms with Crippen LogP contribution in [0.2, 0.25) is 0 Å². The molecule has 0 amide bonds. The Morgan fingerprint density at radius 1 is 1.24 bits per heavy atom. The Kier molecular flexibility index (Phi) is 4.78. The van der Waals surface area contributed by atoms with Gasteiger partial charge in [-0.15, -0.1) is 5.10 Å². The van der Waals surface area contributed by atoms with Crippen LogP contribution in [0.25, 0.3) is 0 Å². The van der Waals surface area contributed by atoms with E-state index in [1.807, 2.05) is 0 Å². The lowest BCUT2D eigenvalue weighted by Gasteiger charge is -2.27. The topological polar surface area (TPSA) is 70.8 Å². The van der Waals surface area contributed by atoms with E-state index in [0.29, 0.717) is 5.92 Å². The number of hydrogen-bond acceptors (Lipinski definition) is 4. The highest BCUT2D eigenvalue weighted by Crippen LogP contribution is 2.36. The molecule has 5 nitrogen and oxygen atoms in total. The Hall–Kier alpha value is -1.10. The molecule has 2 heterocycles. The molecule has 0 bridgehead atoms. The molecule has 21 heavy (non-hydrogen) atoms. The van der Waals surface area contributed by atoms with Gasteiger partial charge in [0.05, 0.1) is 0 Å². The zero-order chi connectivity index (χ0) is 14.7. The van der Waals surface area contributed by atoms with E-state index in [-0.39, 0.29) is 6.04 Å². The first-order valence-electron chi connectivity index (χ1n) is 8.69. The summed E-state index contributed by atoms with van der Waals surface area (Å²) in [7, 11) is 0. The summed E-state index contributed by atoms with van der Waals surface area (Å²) < 4.78 is 0. The van der Waals surface area contributed by atoms with Crippen LogP contribution in [0.5, 0.6) is 0 Å². The van der Waals surface area contributed by atoms with E-state index in [1.54, 1.807) is 0 Å². The highest BCUT2D eigenvalue weighted by atomic mass is 15.4. The van der Waals surface area contributed by atoms with Crippen molar-refractivity contribution in [2.75, 3.05) is 18.0 Å². The lowest BCUT2D eigenvalue weighted by Crippen LogP contribution is -2.27. The number of nitrogens with zero attached hydrogens (tertiary/aromatic N) is 3. The van der Waals surface area contributed by atoms with Crippen LogP contribution in [0, 0.1) is 5.92 Å². The van der Waals surface area contributed by atoms with E-state index in [2.05, 4.69) is 22.0 Å². The number of rotatable bonds is 5. The molecular formula is C16H29N5. The zero-order valence-corrected chi connectivity index (χ0v) is 13.2. The van der Waals surface area contributed by atoms with Crippen LogP contribution >= 0.6 is 0 Å². The van der Waals surface area contributed by atoms with Gasteiger partial charge in [-0.2, -0.15) is 4.98 Å². The maximum atomic E-state index is 5.96. The standard InChI is InChI=1S/C16H29N5/c1-2-3-4-12-5-7-13(8-6-12)15-18-16(20-19-15)21-10-9-14(17)11-21/h12-14H,2-11,17H2,1H3,(H,18,19,20). The smallest absolute Gasteiger partial charge is 0.244 e. The Morgan fingerprint density at radius 2 is 2.05 bits per heavy atom. The van der Waals surface area contributed by atoms with Crippen molar-refractivity contribution in [2.45, 2.75) is 70.3 Å². The summed E-state index contributed by atoms with van der Waals surface area (Å²) in [5, 5.41) is 7.59. The predicted molar refractivity (Wildman–Crippen MR) is 85.4 cm³/mol. The van der Waals surface area contributed by atoms with Crippen LogP contribution in [0.3, 0.4) is 0 Å². The van der Waals surface area contributed by atoms with Crippen molar-refractivity contribution < 1.29 is 0 Å². The second-order valence-electron chi connectivity index (χ2n) is 6.88. The second-order valence-corrected chi connectivity index (χ2v) is 6.88. The van der Waals surface area contributed by atoms with Crippen LogP contribution in [0.15, 0.2) is 0 Å². The fourth-order valence-electron chi connectivity index (χ4n) is 3.78. The SMILES string of the molecule is CCCCC1CCC(c2nc(N3CCC(N)C3)n[nH]2)CC1. The van der Waals surface area contributed by atoms with E-state index in [1.165, 1.54) is 44.9 Å². The molecule has 0 radical (unpaired) electrons. The van der Waals surface area contributed by atoms with Crippen molar-refractivity contribution in [3.63, 3.8) is 0 Å². The van der Waals surface area contributed by atoms with E-state index >= 15 is 0 Å². The first-order valence-corrected chi connectivity index (χ1v) is 8.69. The minimum Gasteiger partial charge on any atom is -0.338 e. The summed E-state index contributed by atoms with van der Waals surface area (Å²) in [6, 6.07) is 0.279. The average molecular weight is 291 g/mol. The molecule has 1 unspecified atom stereocenters. The molecule has 3 rings (SSSR count). The third-order valence-electron chi connectivity index (χ3n) is 5.20. The van der Waals surface area contributed by atoms with E-state index in [4.69, 9.17) is 10.7 Å². The number of aromatic amines is 1. The third kappa shape index (κ3) is 3.57. The second kappa shape index (κ2) is 6.77. The fraction of sp³-hybridized carbons (Fsp3) is 0.875. The molecule has 1 aliphatic carbocycles. The summed E-state index contributed by atoms with van der Waals surface area (Å²) >= 11 is 0. The summed E-state index contributed by atoms with van der Waals surface area (Å²) in [6.07, 6.45) is 10.4. The minimum absolute atomic E-state index is 0.279. The van der Waals surface area contributed by atoms with Crippen LogP contribution in [-0.4, -0.2) is 34.3 Å². The van der Waals surface area contributed by atoms with E-state index < -0.39 is 0 Å². The summed E-state index contributed by atoms with van der Waals surface area (Å²) in [5.74, 6) is 3.48. The molecule has 1 aromatic rings. The fourth-order valence-corrected chi connectivity index (χ4v) is 3.78. The Balaban J connectivity index is 1.53. The first-order chi connectivity index (χ1) is 10.3. The largest absolute Gasteiger partial charge is 0.338 e. The monoisotopic (exact) mass is 291 g/mol. The molecule has 5 heteroatoms. The van der Waals surface area contributed by atoms with Gasteiger partial charge in [0.15, 0.2) is 0 Å². The van der Waals surface area contributed by atoms with Crippen LogP contribution < -0.4 is 10.6 Å². The van der Waals surface area contributed by atoms with Crippen molar-refractivity contribution in [1.29, 1.82) is 0 Å². The van der Waals surface area contributed by atoms with Crippen molar-refractivity contribution in [2.24, 2.45) is 11.7 Å². The normalized spacial score (nSPS) is 30.0. The molecule has 1 saturated carbocycles. The molecule has 3 N–H and O–H groups in total. The third-order valence-corrected chi connectivity index (χ3v) is 5.20. The lowest BCUT2D eigenvalue weighted by molar-refractivity contribution is 0.299. The van der Waals surface area contributed by atoms with Crippen LogP contribution in [0.1, 0.15) is 70.0 Å². The number of nitrogens with two attached hydrogens (primary N) is 1. The van der Waals surface area contributed by atoms with Gasteiger partial charge in [-0.25, -0.2) is 0 Å². The molecule has 2 aliphatic rings. The van der Waals surface area contributed by atoms with Gasteiger partial charge in [0, 0.05) is 25.0 Å². The van der Waals surface area contributed by atoms with E-state index in [0.717, 1.165) is 37.2 Å². The van der Waals surface area contributed by atoms with Gasteiger partial charge < -0.3 is 10.6 Å². The van der Waals surface area contributed by atoms with Crippen molar-refractivity contribution in [1.82, 2.24) is 15.2 Å². The number of anilines is 1. The van der Waals surface area contributed by atoms with Crippen molar-refractivity contribution >= 4 is 5.95 Å². The molecule has 0 aromatic carbocycles. The molecule has 1 atom stereocenters. The maximum absolute atomic E-state index is 5.96. The number of nitrogens with one attached hydrogen (secondary N) is 1. The lowest BCUT2D eigenvalue weighted by atomic mass is 9.79. The highest BCUT2D eigenvalue weighted by molar-refractivity contribution is 5.31. The number of unbranched alkanes of at least 4 members (excludes halogenated alkanes) is 1. The average Bonchev–Trinajstić information content (AvgIpc) is 3.14. The van der Waals surface area contributed by atoms with Gasteiger partial charge in [-0.1, -0.05) is 26.2 Å². The summed E-state index contributed by atoms with van der Waals surface area (Å²) in [4.78, 5) is 6.95. The van der Waals surface area contributed by atoms with Gasteiger partial charge in [-0.05, 0) is 38.0 Å². The molecule has 0 spiro atoms. The minimum atomic E-state index is 0.279. The first kappa shape index (κ1) is 14.8. The highest BCUT2D eigenvalue weighted by Gasteiger charge is 2.27. The van der Waals surface area contributed by atoms with Gasteiger partial charge in [0.1, 0.15) is 5.82 Å². The maximum Gasteiger partial charge on any atom is 0.244 e. The van der Waals surface area contributed by atoms with E-state index in [9.17, 15) is 0 Å².